The molecule has 0 aliphatic heterocycles. The Hall–Kier alpha value is -1.51. The van der Waals surface area contributed by atoms with Crippen molar-refractivity contribution in [3.05, 3.63) is 28.3 Å². The Kier molecular flexibility index (Phi) is 2.79. The third-order valence-corrected chi connectivity index (χ3v) is 2.47. The second-order valence-corrected chi connectivity index (χ2v) is 3.33. The molecule has 0 bridgehead atoms. The second kappa shape index (κ2) is 3.70. The average molecular weight is 194 g/mol. The van der Waals surface area contributed by atoms with E-state index < -0.39 is 5.97 Å². The summed E-state index contributed by atoms with van der Waals surface area (Å²) < 4.78 is 5.18. The van der Waals surface area contributed by atoms with Gasteiger partial charge in [-0.15, -0.1) is 0 Å². The van der Waals surface area contributed by atoms with Gasteiger partial charge >= 0.3 is 5.97 Å². The van der Waals surface area contributed by atoms with Crippen LogP contribution in [-0.4, -0.2) is 18.2 Å². The van der Waals surface area contributed by atoms with Crippen LogP contribution in [0.15, 0.2) is 6.07 Å². The number of carbonyl (C=O) groups is 1. The van der Waals surface area contributed by atoms with Gasteiger partial charge in [-0.25, -0.2) is 4.79 Å². The van der Waals surface area contributed by atoms with Gasteiger partial charge < -0.3 is 9.84 Å². The predicted molar refractivity (Wildman–Crippen MR) is 54.2 cm³/mol. The van der Waals surface area contributed by atoms with Crippen LogP contribution in [0.2, 0.25) is 0 Å². The zero-order chi connectivity index (χ0) is 10.9. The van der Waals surface area contributed by atoms with Gasteiger partial charge in [-0.2, -0.15) is 0 Å². The average Bonchev–Trinajstić information content (AvgIpc) is 2.12. The van der Waals surface area contributed by atoms with E-state index in [1.165, 1.54) is 0 Å². The molecule has 0 aromatic heterocycles. The standard InChI is InChI=1S/C11H14O3/c1-6-5-9(11(12)13)8(3)10(14-4)7(6)2/h5H,1-4H3,(H,12,13). The highest BCUT2D eigenvalue weighted by atomic mass is 16.5. The molecule has 0 aliphatic rings. The maximum absolute atomic E-state index is 10.9. The van der Waals surface area contributed by atoms with Crippen molar-refractivity contribution in [2.24, 2.45) is 0 Å². The lowest BCUT2D eigenvalue weighted by Gasteiger charge is -2.13. The maximum Gasteiger partial charge on any atom is 0.336 e. The minimum atomic E-state index is -0.913. The summed E-state index contributed by atoms with van der Waals surface area (Å²) in [5.74, 6) is -0.244. The molecule has 0 amide bonds. The molecule has 0 aliphatic carbocycles. The van der Waals surface area contributed by atoms with Crippen LogP contribution >= 0.6 is 0 Å². The molecule has 3 nitrogen and oxygen atoms in total. The van der Waals surface area contributed by atoms with Crippen LogP contribution in [0.1, 0.15) is 27.0 Å². The third kappa shape index (κ3) is 1.58. The number of methoxy groups -OCH3 is 1. The first-order valence-corrected chi connectivity index (χ1v) is 4.37. The summed E-state index contributed by atoms with van der Waals surface area (Å²) >= 11 is 0. The minimum Gasteiger partial charge on any atom is -0.496 e. The molecule has 0 saturated heterocycles. The molecular weight excluding hydrogens is 180 g/mol. The van der Waals surface area contributed by atoms with E-state index in [0.717, 1.165) is 11.1 Å². The Balaban J connectivity index is 3.50. The molecule has 0 radical (unpaired) electrons. The van der Waals surface area contributed by atoms with E-state index in [1.54, 1.807) is 20.1 Å². The number of carboxylic acids is 1. The number of ether oxygens (including phenoxy) is 1. The summed E-state index contributed by atoms with van der Waals surface area (Å²) in [6.07, 6.45) is 0. The zero-order valence-electron chi connectivity index (χ0n) is 8.84. The van der Waals surface area contributed by atoms with Crippen molar-refractivity contribution in [1.82, 2.24) is 0 Å². The van der Waals surface area contributed by atoms with Crippen molar-refractivity contribution < 1.29 is 14.6 Å². The molecular formula is C11H14O3. The van der Waals surface area contributed by atoms with Crippen molar-refractivity contribution in [2.75, 3.05) is 7.11 Å². The molecule has 0 fully saturated rings. The van der Waals surface area contributed by atoms with E-state index in [1.807, 2.05) is 13.8 Å². The first-order valence-electron chi connectivity index (χ1n) is 4.37. The highest BCUT2D eigenvalue weighted by Gasteiger charge is 2.15. The van der Waals surface area contributed by atoms with Crippen LogP contribution in [0.25, 0.3) is 0 Å². The van der Waals surface area contributed by atoms with Gasteiger partial charge in [0.1, 0.15) is 5.75 Å². The van der Waals surface area contributed by atoms with Crippen molar-refractivity contribution in [2.45, 2.75) is 20.8 Å². The molecule has 14 heavy (non-hydrogen) atoms. The molecule has 1 N–H and O–H groups in total. The number of aromatic carboxylic acids is 1. The van der Waals surface area contributed by atoms with Gasteiger partial charge in [-0.3, -0.25) is 0 Å². The summed E-state index contributed by atoms with van der Waals surface area (Å²) in [4.78, 5) is 10.9. The third-order valence-electron chi connectivity index (χ3n) is 2.47. The van der Waals surface area contributed by atoms with Gasteiger partial charge in [0.05, 0.1) is 12.7 Å². The number of hydrogen-bond donors (Lipinski definition) is 1. The van der Waals surface area contributed by atoms with Gasteiger partial charge in [0.2, 0.25) is 0 Å². The molecule has 1 aromatic carbocycles. The lowest BCUT2D eigenvalue weighted by molar-refractivity contribution is 0.0695. The Labute approximate surface area is 83.3 Å². The van der Waals surface area contributed by atoms with E-state index in [-0.39, 0.29) is 0 Å². The smallest absolute Gasteiger partial charge is 0.336 e. The van der Waals surface area contributed by atoms with Crippen molar-refractivity contribution >= 4 is 5.97 Å². The predicted octanol–water partition coefficient (Wildman–Crippen LogP) is 2.32. The number of benzene rings is 1. The summed E-state index contributed by atoms with van der Waals surface area (Å²) in [7, 11) is 1.56. The number of rotatable bonds is 2. The molecule has 76 valence electrons. The lowest BCUT2D eigenvalue weighted by Crippen LogP contribution is -2.04. The Bertz CT molecular complexity index is 381. The minimum absolute atomic E-state index is 0.310. The molecule has 0 spiro atoms. The van der Waals surface area contributed by atoms with E-state index >= 15 is 0 Å². The molecule has 3 heteroatoms. The van der Waals surface area contributed by atoms with E-state index in [2.05, 4.69) is 0 Å². The van der Waals surface area contributed by atoms with Gasteiger partial charge in [0.15, 0.2) is 0 Å². The molecule has 0 atom stereocenters. The van der Waals surface area contributed by atoms with Gasteiger partial charge in [0, 0.05) is 5.56 Å². The number of aryl methyl sites for hydroxylation is 1. The molecule has 0 unspecified atom stereocenters. The lowest BCUT2D eigenvalue weighted by atomic mass is 9.99. The van der Waals surface area contributed by atoms with Crippen molar-refractivity contribution in [3.63, 3.8) is 0 Å². The quantitative estimate of drug-likeness (QED) is 0.785. The van der Waals surface area contributed by atoms with E-state index in [9.17, 15) is 4.79 Å². The van der Waals surface area contributed by atoms with E-state index in [4.69, 9.17) is 9.84 Å². The van der Waals surface area contributed by atoms with Crippen LogP contribution in [0.3, 0.4) is 0 Å². The van der Waals surface area contributed by atoms with Crippen LogP contribution in [0.4, 0.5) is 0 Å². The topological polar surface area (TPSA) is 46.5 Å². The summed E-state index contributed by atoms with van der Waals surface area (Å²) in [5, 5.41) is 8.95. The molecule has 1 rings (SSSR count). The first-order chi connectivity index (χ1) is 6.49. The molecule has 0 heterocycles. The highest BCUT2D eigenvalue weighted by molar-refractivity contribution is 5.90. The van der Waals surface area contributed by atoms with Crippen LogP contribution in [0.5, 0.6) is 5.75 Å². The Morgan fingerprint density at radius 3 is 2.29 bits per heavy atom. The summed E-state index contributed by atoms with van der Waals surface area (Å²) in [5.41, 5.74) is 2.92. The van der Waals surface area contributed by atoms with Gasteiger partial charge in [-0.05, 0) is 38.0 Å². The van der Waals surface area contributed by atoms with Gasteiger partial charge in [0.25, 0.3) is 0 Å². The fraction of sp³-hybridized carbons (Fsp3) is 0.364. The largest absolute Gasteiger partial charge is 0.496 e. The Morgan fingerprint density at radius 1 is 1.29 bits per heavy atom. The van der Waals surface area contributed by atoms with Gasteiger partial charge in [-0.1, -0.05) is 0 Å². The number of carboxylic acid groups (broad SMARTS) is 1. The fourth-order valence-electron chi connectivity index (χ4n) is 1.54. The highest BCUT2D eigenvalue weighted by Crippen LogP contribution is 2.28. The van der Waals surface area contributed by atoms with Crippen LogP contribution in [0, 0.1) is 20.8 Å². The Morgan fingerprint density at radius 2 is 1.86 bits per heavy atom. The van der Waals surface area contributed by atoms with Crippen LogP contribution in [-0.2, 0) is 0 Å². The summed E-state index contributed by atoms with van der Waals surface area (Å²) in [6.45, 7) is 5.56. The second-order valence-electron chi connectivity index (χ2n) is 3.33. The maximum atomic E-state index is 10.9. The monoisotopic (exact) mass is 194 g/mol. The zero-order valence-corrected chi connectivity index (χ0v) is 8.84. The van der Waals surface area contributed by atoms with Crippen molar-refractivity contribution in [3.8, 4) is 5.75 Å². The normalized spacial score (nSPS) is 10.0. The SMILES string of the molecule is COc1c(C)c(C)cc(C(=O)O)c1C. The fourth-order valence-corrected chi connectivity index (χ4v) is 1.54. The summed E-state index contributed by atoms with van der Waals surface area (Å²) in [6, 6.07) is 1.68. The van der Waals surface area contributed by atoms with E-state index in [0.29, 0.717) is 16.9 Å². The van der Waals surface area contributed by atoms with Crippen LogP contribution < -0.4 is 4.74 Å². The molecule has 0 saturated carbocycles. The van der Waals surface area contributed by atoms with Crippen molar-refractivity contribution in [1.29, 1.82) is 0 Å². The number of hydrogen-bond acceptors (Lipinski definition) is 2. The molecule has 1 aromatic rings. The first kappa shape index (κ1) is 10.6.